The quantitative estimate of drug-likeness (QED) is 0.608. The van der Waals surface area contributed by atoms with E-state index in [4.69, 9.17) is 0 Å². The Morgan fingerprint density at radius 1 is 1.23 bits per heavy atom. The van der Waals surface area contributed by atoms with Crippen molar-refractivity contribution in [2.45, 2.75) is 13.5 Å². The van der Waals surface area contributed by atoms with E-state index in [1.165, 1.54) is 0 Å². The molecule has 4 aromatic heterocycles. The van der Waals surface area contributed by atoms with Crippen molar-refractivity contribution in [1.82, 2.24) is 34.8 Å². The highest BCUT2D eigenvalue weighted by atomic mass is 16.1. The number of carbonyl (C=O) groups is 1. The number of carbonyl (C=O) groups excluding carboxylic acids is 1. The third kappa shape index (κ3) is 2.92. The largest absolute Gasteiger partial charge is 0.348 e. The fraction of sp³-hybridized carbons (Fsp3) is 0.167. The van der Waals surface area contributed by atoms with Crippen LogP contribution in [0.25, 0.3) is 16.9 Å². The summed E-state index contributed by atoms with van der Waals surface area (Å²) in [7, 11) is 1.84. The van der Waals surface area contributed by atoms with Crippen LogP contribution in [0.4, 0.5) is 0 Å². The number of fused-ring (bicyclic) bond motifs is 1. The van der Waals surface area contributed by atoms with Crippen LogP contribution in [0.15, 0.2) is 49.1 Å². The molecule has 1 N–H and O–H groups in total. The molecule has 0 saturated carbocycles. The van der Waals surface area contributed by atoms with Crippen molar-refractivity contribution in [2.75, 3.05) is 0 Å². The van der Waals surface area contributed by atoms with Gasteiger partial charge in [0.05, 0.1) is 11.3 Å². The van der Waals surface area contributed by atoms with Crippen molar-refractivity contribution in [3.05, 3.63) is 65.9 Å². The van der Waals surface area contributed by atoms with E-state index in [0.29, 0.717) is 17.9 Å². The normalized spacial score (nSPS) is 11.0. The van der Waals surface area contributed by atoms with E-state index in [2.05, 4.69) is 25.5 Å². The van der Waals surface area contributed by atoms with Crippen LogP contribution in [-0.4, -0.2) is 35.4 Å². The van der Waals surface area contributed by atoms with Crippen molar-refractivity contribution in [3.63, 3.8) is 0 Å². The van der Waals surface area contributed by atoms with Gasteiger partial charge in [-0.05, 0) is 36.8 Å². The molecule has 0 aliphatic carbocycles. The first-order valence-electron chi connectivity index (χ1n) is 8.14. The monoisotopic (exact) mass is 347 g/mol. The molecule has 4 aromatic rings. The number of hydrogen-bond acceptors (Lipinski definition) is 5. The van der Waals surface area contributed by atoms with Crippen LogP contribution in [0, 0.1) is 6.92 Å². The third-order valence-corrected chi connectivity index (χ3v) is 4.13. The van der Waals surface area contributed by atoms with Gasteiger partial charge >= 0.3 is 0 Å². The maximum atomic E-state index is 12.5. The highest BCUT2D eigenvalue weighted by molar-refractivity contribution is 5.97. The predicted octanol–water partition coefficient (Wildman–Crippen LogP) is 1.79. The summed E-state index contributed by atoms with van der Waals surface area (Å²) in [6.45, 7) is 2.29. The highest BCUT2D eigenvalue weighted by Crippen LogP contribution is 2.16. The summed E-state index contributed by atoms with van der Waals surface area (Å²) in [6, 6.07) is 7.40. The Morgan fingerprint density at radius 2 is 2.12 bits per heavy atom. The Balaban J connectivity index is 1.51. The van der Waals surface area contributed by atoms with Crippen LogP contribution in [0.1, 0.15) is 21.6 Å². The molecule has 8 nitrogen and oxygen atoms in total. The zero-order valence-corrected chi connectivity index (χ0v) is 14.4. The Bertz CT molecular complexity index is 1080. The first-order chi connectivity index (χ1) is 12.6. The molecular formula is C18H17N7O. The lowest BCUT2D eigenvalue weighted by Gasteiger charge is -2.07. The average molecular weight is 347 g/mol. The van der Waals surface area contributed by atoms with Crippen LogP contribution in [0.3, 0.4) is 0 Å². The Labute approximate surface area is 149 Å². The minimum atomic E-state index is -0.180. The van der Waals surface area contributed by atoms with Gasteiger partial charge < -0.3 is 5.32 Å². The summed E-state index contributed by atoms with van der Waals surface area (Å²) in [5.41, 5.74) is 3.06. The highest BCUT2D eigenvalue weighted by Gasteiger charge is 2.12. The molecule has 0 fully saturated rings. The number of nitrogens with one attached hydrogen (secondary N) is 1. The minimum Gasteiger partial charge on any atom is -0.348 e. The van der Waals surface area contributed by atoms with Gasteiger partial charge in [0.1, 0.15) is 0 Å². The third-order valence-electron chi connectivity index (χ3n) is 4.13. The van der Waals surface area contributed by atoms with E-state index in [1.807, 2.05) is 44.4 Å². The Hall–Kier alpha value is -3.55. The molecule has 0 aliphatic rings. The second-order valence-electron chi connectivity index (χ2n) is 5.96. The van der Waals surface area contributed by atoms with Gasteiger partial charge in [-0.25, -0.2) is 14.6 Å². The molecule has 0 atom stereocenters. The number of aryl methyl sites for hydroxylation is 2. The minimum absolute atomic E-state index is 0.180. The van der Waals surface area contributed by atoms with Crippen LogP contribution in [-0.2, 0) is 13.6 Å². The molecule has 130 valence electrons. The maximum Gasteiger partial charge on any atom is 0.253 e. The average Bonchev–Trinajstić information content (AvgIpc) is 3.29. The van der Waals surface area contributed by atoms with Gasteiger partial charge in [-0.3, -0.25) is 9.48 Å². The van der Waals surface area contributed by atoms with Crippen molar-refractivity contribution in [1.29, 1.82) is 0 Å². The molecule has 0 unspecified atom stereocenters. The Kier molecular flexibility index (Phi) is 3.92. The number of aromatic nitrogens is 6. The molecule has 0 spiro atoms. The number of hydrogen-bond donors (Lipinski definition) is 1. The number of amides is 1. The molecule has 0 aromatic carbocycles. The van der Waals surface area contributed by atoms with E-state index >= 15 is 0 Å². The zero-order valence-electron chi connectivity index (χ0n) is 14.4. The van der Waals surface area contributed by atoms with E-state index in [0.717, 1.165) is 22.3 Å². The first kappa shape index (κ1) is 15.9. The lowest BCUT2D eigenvalue weighted by molar-refractivity contribution is 0.0950. The van der Waals surface area contributed by atoms with Gasteiger partial charge in [0.2, 0.25) is 0 Å². The first-order valence-corrected chi connectivity index (χ1v) is 8.14. The van der Waals surface area contributed by atoms with Gasteiger partial charge in [-0.1, -0.05) is 0 Å². The molecule has 8 heteroatoms. The van der Waals surface area contributed by atoms with E-state index in [9.17, 15) is 4.79 Å². The van der Waals surface area contributed by atoms with Crippen molar-refractivity contribution in [3.8, 4) is 5.82 Å². The number of pyridine rings is 2. The summed E-state index contributed by atoms with van der Waals surface area (Å²) >= 11 is 0. The molecule has 4 rings (SSSR count). The number of nitrogens with zero attached hydrogens (tertiary/aromatic N) is 6. The van der Waals surface area contributed by atoms with Crippen molar-refractivity contribution in [2.24, 2.45) is 7.05 Å². The van der Waals surface area contributed by atoms with Crippen molar-refractivity contribution < 1.29 is 4.79 Å². The van der Waals surface area contributed by atoms with Crippen LogP contribution < -0.4 is 5.32 Å². The SMILES string of the molecule is Cc1nn(C)c2ncc(C(=O)NCc3ccnc(-n4cccn4)c3)cc12. The lowest BCUT2D eigenvalue weighted by Crippen LogP contribution is -2.23. The second-order valence-corrected chi connectivity index (χ2v) is 5.96. The second kappa shape index (κ2) is 6.40. The summed E-state index contributed by atoms with van der Waals surface area (Å²) in [5.74, 6) is 0.524. The lowest BCUT2D eigenvalue weighted by atomic mass is 10.2. The van der Waals surface area contributed by atoms with Crippen LogP contribution in [0.2, 0.25) is 0 Å². The summed E-state index contributed by atoms with van der Waals surface area (Å²) in [6.07, 6.45) is 6.78. The smallest absolute Gasteiger partial charge is 0.253 e. The molecule has 0 bridgehead atoms. The molecular weight excluding hydrogens is 330 g/mol. The molecule has 0 saturated heterocycles. The van der Waals surface area contributed by atoms with Gasteiger partial charge in [0.15, 0.2) is 11.5 Å². The van der Waals surface area contributed by atoms with Gasteiger partial charge in [0, 0.05) is 43.8 Å². The van der Waals surface area contributed by atoms with E-state index < -0.39 is 0 Å². The standard InChI is InChI=1S/C18H17N7O/c1-12-15-9-14(11-20-17(15)24(2)23-12)18(26)21-10-13-4-6-19-16(8-13)25-7-3-5-22-25/h3-9,11H,10H2,1-2H3,(H,21,26). The zero-order chi connectivity index (χ0) is 18.1. The molecule has 1 amide bonds. The van der Waals surface area contributed by atoms with Gasteiger partial charge in [0.25, 0.3) is 5.91 Å². The fourth-order valence-electron chi connectivity index (χ4n) is 2.82. The van der Waals surface area contributed by atoms with Gasteiger partial charge in [-0.2, -0.15) is 10.2 Å². The van der Waals surface area contributed by atoms with Crippen molar-refractivity contribution >= 4 is 16.9 Å². The number of rotatable bonds is 4. The predicted molar refractivity (Wildman–Crippen MR) is 95.8 cm³/mol. The summed E-state index contributed by atoms with van der Waals surface area (Å²) in [4.78, 5) is 21.1. The molecule has 4 heterocycles. The molecule has 0 radical (unpaired) electrons. The topological polar surface area (TPSA) is 90.5 Å². The van der Waals surface area contributed by atoms with E-state index in [-0.39, 0.29) is 5.91 Å². The summed E-state index contributed by atoms with van der Waals surface area (Å²) in [5, 5.41) is 12.3. The molecule has 26 heavy (non-hydrogen) atoms. The molecule has 0 aliphatic heterocycles. The Morgan fingerprint density at radius 3 is 2.92 bits per heavy atom. The van der Waals surface area contributed by atoms with Gasteiger partial charge in [-0.15, -0.1) is 0 Å². The van der Waals surface area contributed by atoms with Crippen LogP contribution >= 0.6 is 0 Å². The van der Waals surface area contributed by atoms with E-state index in [1.54, 1.807) is 28.0 Å². The van der Waals surface area contributed by atoms with Crippen LogP contribution in [0.5, 0.6) is 0 Å². The maximum absolute atomic E-state index is 12.5. The summed E-state index contributed by atoms with van der Waals surface area (Å²) < 4.78 is 3.38. The fourth-order valence-corrected chi connectivity index (χ4v) is 2.82.